The van der Waals surface area contributed by atoms with E-state index >= 15 is 0 Å². The molecule has 1 aromatic rings. The fourth-order valence-corrected chi connectivity index (χ4v) is 3.45. The molecule has 1 amide bonds. The van der Waals surface area contributed by atoms with Gasteiger partial charge in [0, 0.05) is 52.9 Å². The monoisotopic (exact) mass is 514 g/mol. The smallest absolute Gasteiger partial charge is 0.222 e. The maximum atomic E-state index is 12.5. The molecule has 0 radical (unpaired) electrons. The third-order valence-corrected chi connectivity index (χ3v) is 5.38. The molecule has 3 rings (SSSR count). The van der Waals surface area contributed by atoms with Crippen LogP contribution in [0.1, 0.15) is 43.2 Å². The molecule has 1 aliphatic carbocycles. The Balaban J connectivity index is 0.00000300. The van der Waals surface area contributed by atoms with Crippen molar-refractivity contribution in [3.8, 4) is 0 Å². The summed E-state index contributed by atoms with van der Waals surface area (Å²) in [7, 11) is 1.77. The number of fused-ring (bicyclic) bond motifs is 1. The van der Waals surface area contributed by atoms with E-state index in [-0.39, 0.29) is 29.9 Å². The summed E-state index contributed by atoms with van der Waals surface area (Å²) in [5.41, 5.74) is 2.66. The molecule has 0 atom stereocenters. The number of ether oxygens (including phenoxy) is 1. The van der Waals surface area contributed by atoms with E-state index < -0.39 is 0 Å². The van der Waals surface area contributed by atoms with Gasteiger partial charge in [0.25, 0.3) is 0 Å². The number of carbonyl (C=O) groups is 1. The van der Waals surface area contributed by atoms with Gasteiger partial charge in [0.05, 0.1) is 0 Å². The second kappa shape index (κ2) is 13.1. The van der Waals surface area contributed by atoms with Crippen LogP contribution in [0.25, 0.3) is 0 Å². The van der Waals surface area contributed by atoms with Crippen molar-refractivity contribution in [2.75, 3.05) is 39.9 Å². The molecule has 1 saturated carbocycles. The fourth-order valence-electron chi connectivity index (χ4n) is 3.45. The number of hydrogen-bond donors (Lipinski definition) is 2. The van der Waals surface area contributed by atoms with Gasteiger partial charge < -0.3 is 20.3 Å². The van der Waals surface area contributed by atoms with Crippen LogP contribution in [0.5, 0.6) is 0 Å². The van der Waals surface area contributed by atoms with Gasteiger partial charge in [-0.2, -0.15) is 0 Å². The minimum atomic E-state index is 0. The van der Waals surface area contributed by atoms with Crippen molar-refractivity contribution >= 4 is 35.8 Å². The lowest BCUT2D eigenvalue weighted by Crippen LogP contribution is -2.39. The van der Waals surface area contributed by atoms with E-state index in [0.29, 0.717) is 6.42 Å². The summed E-state index contributed by atoms with van der Waals surface area (Å²) in [4.78, 5) is 18.7. The molecule has 0 spiro atoms. The second-order valence-electron chi connectivity index (χ2n) is 7.74. The van der Waals surface area contributed by atoms with Crippen LogP contribution in [-0.4, -0.2) is 56.7 Å². The van der Waals surface area contributed by atoms with Gasteiger partial charge in [0.15, 0.2) is 5.96 Å². The summed E-state index contributed by atoms with van der Waals surface area (Å²) in [6.45, 7) is 4.88. The molecule has 1 aliphatic heterocycles. The Bertz CT molecular complexity index is 664. The Morgan fingerprint density at radius 1 is 1.17 bits per heavy atom. The number of carbonyl (C=O) groups excluding carboxylic acids is 1. The Kier molecular flexibility index (Phi) is 10.8. The molecule has 29 heavy (non-hydrogen) atoms. The highest BCUT2D eigenvalue weighted by Crippen LogP contribution is 2.28. The molecular weight excluding hydrogens is 479 g/mol. The lowest BCUT2D eigenvalue weighted by Gasteiger charge is -2.29. The predicted molar refractivity (Wildman–Crippen MR) is 128 cm³/mol. The average molecular weight is 514 g/mol. The van der Waals surface area contributed by atoms with Crippen molar-refractivity contribution in [2.24, 2.45) is 10.9 Å². The summed E-state index contributed by atoms with van der Waals surface area (Å²) < 4.78 is 5.64. The van der Waals surface area contributed by atoms with E-state index in [1.807, 2.05) is 4.90 Å². The Morgan fingerprint density at radius 2 is 1.90 bits per heavy atom. The number of benzene rings is 1. The summed E-state index contributed by atoms with van der Waals surface area (Å²) in [6, 6.07) is 8.42. The third-order valence-electron chi connectivity index (χ3n) is 5.38. The lowest BCUT2D eigenvalue weighted by atomic mass is 9.99. The number of amides is 1. The van der Waals surface area contributed by atoms with E-state index in [0.717, 1.165) is 70.5 Å². The Labute approximate surface area is 191 Å². The molecular formula is C22H35IN4O2. The van der Waals surface area contributed by atoms with Crippen LogP contribution in [0.4, 0.5) is 0 Å². The molecule has 0 aromatic heterocycles. The maximum absolute atomic E-state index is 12.5. The largest absolute Gasteiger partial charge is 0.381 e. The molecule has 7 heteroatoms. The first-order valence-corrected chi connectivity index (χ1v) is 10.6. The van der Waals surface area contributed by atoms with Gasteiger partial charge in [-0.05, 0) is 49.1 Å². The molecule has 1 fully saturated rings. The highest BCUT2D eigenvalue weighted by Gasteiger charge is 2.21. The summed E-state index contributed by atoms with van der Waals surface area (Å²) >= 11 is 0. The third kappa shape index (κ3) is 8.50. The van der Waals surface area contributed by atoms with Crippen molar-refractivity contribution in [1.82, 2.24) is 15.5 Å². The molecule has 2 N–H and O–H groups in total. The Hall–Kier alpha value is -1.35. The number of nitrogens with one attached hydrogen (secondary N) is 2. The van der Waals surface area contributed by atoms with Crippen LogP contribution in [0.15, 0.2) is 29.3 Å². The van der Waals surface area contributed by atoms with Gasteiger partial charge >= 0.3 is 0 Å². The van der Waals surface area contributed by atoms with Crippen LogP contribution < -0.4 is 10.6 Å². The first kappa shape index (κ1) is 23.9. The molecule has 0 saturated heterocycles. The van der Waals surface area contributed by atoms with Crippen molar-refractivity contribution in [1.29, 1.82) is 0 Å². The van der Waals surface area contributed by atoms with Crippen LogP contribution in [0.3, 0.4) is 0 Å². The van der Waals surface area contributed by atoms with Crippen LogP contribution in [0, 0.1) is 5.92 Å². The number of nitrogens with zero attached hydrogens (tertiary/aromatic N) is 2. The first-order valence-electron chi connectivity index (χ1n) is 10.6. The number of guanidine groups is 1. The van der Waals surface area contributed by atoms with E-state index in [9.17, 15) is 4.79 Å². The van der Waals surface area contributed by atoms with Crippen molar-refractivity contribution in [2.45, 2.75) is 45.1 Å². The van der Waals surface area contributed by atoms with Crippen LogP contribution in [0.2, 0.25) is 0 Å². The maximum Gasteiger partial charge on any atom is 0.222 e. The number of halogens is 1. The Morgan fingerprint density at radius 3 is 2.62 bits per heavy atom. The van der Waals surface area contributed by atoms with E-state index in [2.05, 4.69) is 39.9 Å². The lowest BCUT2D eigenvalue weighted by molar-refractivity contribution is -0.132. The number of hydrogen-bond acceptors (Lipinski definition) is 3. The summed E-state index contributed by atoms with van der Waals surface area (Å²) in [6.07, 6.45) is 5.98. The van der Waals surface area contributed by atoms with Crippen LogP contribution in [-0.2, 0) is 22.5 Å². The van der Waals surface area contributed by atoms with E-state index in [1.165, 1.54) is 24.0 Å². The number of aliphatic imine (C=N–C) groups is 1. The van der Waals surface area contributed by atoms with Crippen molar-refractivity contribution in [3.63, 3.8) is 0 Å². The molecule has 6 nitrogen and oxygen atoms in total. The molecule has 0 bridgehead atoms. The fraction of sp³-hybridized carbons (Fsp3) is 0.636. The molecule has 0 unspecified atom stereocenters. The highest BCUT2D eigenvalue weighted by molar-refractivity contribution is 14.0. The van der Waals surface area contributed by atoms with Gasteiger partial charge in [-0.25, -0.2) is 0 Å². The summed E-state index contributed by atoms with van der Waals surface area (Å²) in [5, 5.41) is 6.59. The van der Waals surface area contributed by atoms with E-state index in [4.69, 9.17) is 4.74 Å². The normalized spacial score (nSPS) is 16.0. The van der Waals surface area contributed by atoms with Gasteiger partial charge in [0.1, 0.15) is 0 Å². The van der Waals surface area contributed by atoms with Gasteiger partial charge in [-0.1, -0.05) is 24.3 Å². The number of rotatable bonds is 10. The zero-order chi connectivity index (χ0) is 19.6. The van der Waals surface area contributed by atoms with Gasteiger partial charge in [-0.3, -0.25) is 9.79 Å². The summed E-state index contributed by atoms with van der Waals surface area (Å²) in [5.74, 6) is 1.86. The topological polar surface area (TPSA) is 66.0 Å². The molecule has 162 valence electrons. The minimum absolute atomic E-state index is 0. The van der Waals surface area contributed by atoms with Gasteiger partial charge in [-0.15, -0.1) is 24.0 Å². The average Bonchev–Trinajstić information content (AvgIpc) is 3.55. The van der Waals surface area contributed by atoms with Crippen molar-refractivity contribution < 1.29 is 9.53 Å². The molecule has 1 heterocycles. The van der Waals surface area contributed by atoms with Crippen LogP contribution >= 0.6 is 24.0 Å². The van der Waals surface area contributed by atoms with Crippen molar-refractivity contribution in [3.05, 3.63) is 35.4 Å². The van der Waals surface area contributed by atoms with Gasteiger partial charge in [0.2, 0.25) is 5.91 Å². The zero-order valence-corrected chi connectivity index (χ0v) is 19.8. The van der Waals surface area contributed by atoms with E-state index in [1.54, 1.807) is 7.05 Å². The first-order chi connectivity index (χ1) is 13.8. The molecule has 2 aliphatic rings. The predicted octanol–water partition coefficient (Wildman–Crippen LogP) is 2.95. The zero-order valence-electron chi connectivity index (χ0n) is 17.5. The molecule has 1 aromatic carbocycles. The standard InChI is InChI=1S/C22H34N4O2.HI/c1-23-22(25-13-5-15-28-17-18-9-10-18)24-12-4-8-21(27)26-14-11-19-6-2-3-7-20(19)16-26;/h2-3,6-7,18H,4-5,8-17H2,1H3,(H2,23,24,25);1H. The minimum Gasteiger partial charge on any atom is -0.381 e. The highest BCUT2D eigenvalue weighted by atomic mass is 127. The quantitative estimate of drug-likeness (QED) is 0.218. The SMILES string of the molecule is CN=C(NCCCOCC1CC1)NCCCC(=O)N1CCc2ccccc2C1.I. The second-order valence-corrected chi connectivity index (χ2v) is 7.74.